The van der Waals surface area contributed by atoms with Gasteiger partial charge in [0.25, 0.3) is 11.5 Å². The lowest BCUT2D eigenvalue weighted by atomic mass is 10.1. The number of carbonyl (C=O) groups excluding carboxylic acids is 1. The Morgan fingerprint density at radius 1 is 1.32 bits per heavy atom. The molecule has 2 aromatic heterocycles. The van der Waals surface area contributed by atoms with E-state index in [-0.39, 0.29) is 11.5 Å². The number of hydrogen-bond acceptors (Lipinski definition) is 5. The first kappa shape index (κ1) is 17.1. The van der Waals surface area contributed by atoms with Crippen LogP contribution in [0.3, 0.4) is 0 Å². The first-order valence-electron chi connectivity index (χ1n) is 8.45. The number of aryl methyl sites for hydroxylation is 1. The van der Waals surface area contributed by atoms with E-state index in [9.17, 15) is 9.59 Å². The van der Waals surface area contributed by atoms with Crippen LogP contribution in [0.4, 0.5) is 0 Å². The molecule has 0 bridgehead atoms. The molecule has 1 aliphatic rings. The molecule has 0 saturated carbocycles. The lowest BCUT2D eigenvalue weighted by Gasteiger charge is -2.21. The zero-order valence-corrected chi connectivity index (χ0v) is 14.8. The molecule has 3 heterocycles. The number of nitrogens with zero attached hydrogens (tertiary/aromatic N) is 4. The second kappa shape index (κ2) is 7.04. The van der Waals surface area contributed by atoms with Gasteiger partial charge in [-0.3, -0.25) is 14.2 Å². The fourth-order valence-corrected chi connectivity index (χ4v) is 3.05. The summed E-state index contributed by atoms with van der Waals surface area (Å²) in [7, 11) is 1.72. The van der Waals surface area contributed by atoms with E-state index in [1.807, 2.05) is 13.8 Å². The third-order valence-corrected chi connectivity index (χ3v) is 4.51. The molecule has 0 atom stereocenters. The molecule has 0 aromatic carbocycles. The van der Waals surface area contributed by atoms with E-state index >= 15 is 0 Å². The summed E-state index contributed by atoms with van der Waals surface area (Å²) in [6.07, 6.45) is 2.68. The number of fused-ring (bicyclic) bond motifs is 1. The number of pyridine rings is 1. The molecule has 0 fully saturated rings. The van der Waals surface area contributed by atoms with E-state index in [1.165, 1.54) is 0 Å². The predicted molar refractivity (Wildman–Crippen MR) is 92.9 cm³/mol. The highest BCUT2D eigenvalue weighted by molar-refractivity contribution is 5.96. The minimum absolute atomic E-state index is 0.0202. The Hall–Kier alpha value is -2.70. The summed E-state index contributed by atoms with van der Waals surface area (Å²) in [6.45, 7) is 5.12. The van der Waals surface area contributed by atoms with E-state index in [0.29, 0.717) is 55.4 Å². The molecule has 3 rings (SSSR count). The number of aromatic nitrogens is 3. The van der Waals surface area contributed by atoms with Crippen molar-refractivity contribution in [3.63, 3.8) is 0 Å². The van der Waals surface area contributed by atoms with Gasteiger partial charge in [-0.15, -0.1) is 0 Å². The van der Waals surface area contributed by atoms with E-state index in [0.717, 1.165) is 5.69 Å². The summed E-state index contributed by atoms with van der Waals surface area (Å²) in [5.74, 6) is 0.911. The molecule has 0 N–H and O–H groups in total. The normalized spacial score (nSPS) is 14.0. The highest BCUT2D eigenvalue weighted by Gasteiger charge is 2.25. The van der Waals surface area contributed by atoms with Crippen molar-refractivity contribution < 1.29 is 9.53 Å². The lowest BCUT2D eigenvalue weighted by molar-refractivity contribution is 0.0757. The predicted octanol–water partition coefficient (Wildman–Crippen LogP) is 1.12. The summed E-state index contributed by atoms with van der Waals surface area (Å²) < 4.78 is 7.03. The van der Waals surface area contributed by atoms with E-state index in [4.69, 9.17) is 4.74 Å². The largest absolute Gasteiger partial charge is 0.477 e. The molecule has 2 aromatic rings. The van der Waals surface area contributed by atoms with Gasteiger partial charge in [0.15, 0.2) is 0 Å². The van der Waals surface area contributed by atoms with Crippen LogP contribution in [-0.4, -0.2) is 45.0 Å². The third-order valence-electron chi connectivity index (χ3n) is 4.51. The molecule has 0 spiro atoms. The van der Waals surface area contributed by atoms with Gasteiger partial charge in [0.05, 0.1) is 12.3 Å². The Morgan fingerprint density at radius 2 is 2.08 bits per heavy atom. The maximum Gasteiger partial charge on any atom is 0.259 e. The van der Waals surface area contributed by atoms with Crippen LogP contribution in [0.5, 0.6) is 5.88 Å². The second-order valence-corrected chi connectivity index (χ2v) is 6.03. The number of carbonyl (C=O) groups is 1. The third kappa shape index (κ3) is 3.26. The molecule has 132 valence electrons. The Balaban J connectivity index is 1.86. The zero-order chi connectivity index (χ0) is 18.0. The number of ether oxygens (including phenoxy) is 1. The highest BCUT2D eigenvalue weighted by atomic mass is 16.5. The maximum atomic E-state index is 12.9. The second-order valence-electron chi connectivity index (χ2n) is 6.03. The van der Waals surface area contributed by atoms with Gasteiger partial charge in [-0.05, 0) is 32.4 Å². The van der Waals surface area contributed by atoms with Crippen LogP contribution in [0.2, 0.25) is 0 Å². The average Bonchev–Trinajstić information content (AvgIpc) is 2.83. The average molecular weight is 342 g/mol. The molecule has 7 heteroatoms. The van der Waals surface area contributed by atoms with Crippen LogP contribution in [0.25, 0.3) is 0 Å². The molecule has 7 nitrogen and oxygen atoms in total. The minimum atomic E-state index is -0.127. The van der Waals surface area contributed by atoms with Gasteiger partial charge >= 0.3 is 0 Å². The Morgan fingerprint density at radius 3 is 2.84 bits per heavy atom. The van der Waals surface area contributed by atoms with Crippen LogP contribution >= 0.6 is 0 Å². The van der Waals surface area contributed by atoms with Gasteiger partial charge in [0, 0.05) is 38.3 Å². The van der Waals surface area contributed by atoms with Crippen LogP contribution in [-0.2, 0) is 19.9 Å². The highest BCUT2D eigenvalue weighted by Crippen LogP contribution is 2.19. The number of rotatable bonds is 3. The topological polar surface area (TPSA) is 77.3 Å². The number of hydrogen-bond donors (Lipinski definition) is 0. The van der Waals surface area contributed by atoms with Crippen molar-refractivity contribution >= 4 is 5.91 Å². The summed E-state index contributed by atoms with van der Waals surface area (Å²) >= 11 is 0. The Labute approximate surface area is 146 Å². The molecular formula is C18H22N4O3. The summed E-state index contributed by atoms with van der Waals surface area (Å²) in [5.41, 5.74) is 1.94. The maximum absolute atomic E-state index is 12.9. The van der Waals surface area contributed by atoms with Crippen LogP contribution in [0.15, 0.2) is 23.1 Å². The SMILES string of the molecule is CCOc1ncccc1C(=O)N1CCc2nc(C)n(C)c(=O)c2CC1. The van der Waals surface area contributed by atoms with E-state index in [2.05, 4.69) is 9.97 Å². The van der Waals surface area contributed by atoms with Crippen molar-refractivity contribution in [1.82, 2.24) is 19.4 Å². The Bertz CT molecular complexity index is 860. The summed E-state index contributed by atoms with van der Waals surface area (Å²) in [5, 5.41) is 0. The van der Waals surface area contributed by atoms with Gasteiger partial charge in [-0.25, -0.2) is 9.97 Å². The molecular weight excluding hydrogens is 320 g/mol. The molecule has 25 heavy (non-hydrogen) atoms. The fraction of sp³-hybridized carbons (Fsp3) is 0.444. The van der Waals surface area contributed by atoms with Crippen molar-refractivity contribution in [1.29, 1.82) is 0 Å². The molecule has 0 aliphatic carbocycles. The Kier molecular flexibility index (Phi) is 4.83. The lowest BCUT2D eigenvalue weighted by Crippen LogP contribution is -2.34. The van der Waals surface area contributed by atoms with Crippen LogP contribution in [0, 0.1) is 6.92 Å². The standard InChI is InChI=1S/C18H22N4O3/c1-4-25-16-14(6-5-9-19-16)18(24)22-10-7-13-15(8-11-22)20-12(2)21(3)17(13)23/h5-6,9H,4,7-8,10-11H2,1-3H3. The van der Waals surface area contributed by atoms with Crippen molar-refractivity contribution in [3.8, 4) is 5.88 Å². The smallest absolute Gasteiger partial charge is 0.259 e. The van der Waals surface area contributed by atoms with Crippen LogP contribution in [0.1, 0.15) is 34.4 Å². The first-order chi connectivity index (χ1) is 12.0. The van der Waals surface area contributed by atoms with E-state index < -0.39 is 0 Å². The number of amides is 1. The van der Waals surface area contributed by atoms with Gasteiger partial charge in [-0.1, -0.05) is 0 Å². The molecule has 1 aliphatic heterocycles. The van der Waals surface area contributed by atoms with Gasteiger partial charge < -0.3 is 9.64 Å². The van der Waals surface area contributed by atoms with Crippen molar-refractivity contribution in [2.75, 3.05) is 19.7 Å². The van der Waals surface area contributed by atoms with Gasteiger partial charge in [0.2, 0.25) is 5.88 Å². The molecule has 0 radical (unpaired) electrons. The minimum Gasteiger partial charge on any atom is -0.477 e. The van der Waals surface area contributed by atoms with Crippen molar-refractivity contribution in [3.05, 3.63) is 51.3 Å². The van der Waals surface area contributed by atoms with Gasteiger partial charge in [-0.2, -0.15) is 0 Å². The monoisotopic (exact) mass is 342 g/mol. The van der Waals surface area contributed by atoms with E-state index in [1.54, 1.807) is 34.8 Å². The summed E-state index contributed by atoms with van der Waals surface area (Å²) in [4.78, 5) is 35.8. The van der Waals surface area contributed by atoms with Crippen LogP contribution < -0.4 is 10.3 Å². The van der Waals surface area contributed by atoms with Gasteiger partial charge in [0.1, 0.15) is 11.4 Å². The molecule has 0 saturated heterocycles. The van der Waals surface area contributed by atoms with Crippen molar-refractivity contribution in [2.24, 2.45) is 7.05 Å². The molecule has 0 unspecified atom stereocenters. The molecule has 1 amide bonds. The summed E-state index contributed by atoms with van der Waals surface area (Å²) in [6, 6.07) is 3.45. The zero-order valence-electron chi connectivity index (χ0n) is 14.8. The quantitative estimate of drug-likeness (QED) is 0.835. The first-order valence-corrected chi connectivity index (χ1v) is 8.45. The fourth-order valence-electron chi connectivity index (χ4n) is 3.05. The van der Waals surface area contributed by atoms with Crippen molar-refractivity contribution in [2.45, 2.75) is 26.7 Å².